The molecule has 0 aliphatic carbocycles. The van der Waals surface area contributed by atoms with E-state index in [1.54, 1.807) is 17.4 Å². The molecular formula is C16H17FN2OS. The minimum Gasteiger partial charge on any atom is -0.323 e. The Morgan fingerprint density at radius 1 is 1.43 bits per heavy atom. The Kier molecular flexibility index (Phi) is 4.03. The van der Waals surface area contributed by atoms with Crippen molar-refractivity contribution in [3.05, 3.63) is 51.5 Å². The third-order valence-electron chi connectivity index (χ3n) is 3.90. The largest absolute Gasteiger partial charge is 0.323 e. The molecule has 1 aromatic heterocycles. The first-order chi connectivity index (χ1) is 10.2. The zero-order chi connectivity index (χ0) is 14.8. The first-order valence-electron chi connectivity index (χ1n) is 7.00. The molecule has 0 spiro atoms. The van der Waals surface area contributed by atoms with Crippen LogP contribution in [0.25, 0.3) is 0 Å². The maximum atomic E-state index is 14.5. The Morgan fingerprint density at radius 2 is 2.29 bits per heavy atom. The summed E-state index contributed by atoms with van der Waals surface area (Å²) < 4.78 is 14.5. The van der Waals surface area contributed by atoms with Crippen molar-refractivity contribution in [3.8, 4) is 0 Å². The number of amides is 1. The number of hydrogen-bond acceptors (Lipinski definition) is 3. The molecule has 3 nitrogen and oxygen atoms in total. The highest BCUT2D eigenvalue weighted by Gasteiger charge is 2.20. The zero-order valence-corrected chi connectivity index (χ0v) is 12.6. The Morgan fingerprint density at radius 3 is 3.05 bits per heavy atom. The average molecular weight is 304 g/mol. The highest BCUT2D eigenvalue weighted by atomic mass is 32.1. The van der Waals surface area contributed by atoms with E-state index < -0.39 is 0 Å². The molecule has 2 aromatic rings. The number of nitrogens with one attached hydrogen (secondary N) is 2. The van der Waals surface area contributed by atoms with Crippen LogP contribution < -0.4 is 10.6 Å². The van der Waals surface area contributed by atoms with Crippen molar-refractivity contribution in [1.82, 2.24) is 5.32 Å². The van der Waals surface area contributed by atoms with Gasteiger partial charge in [-0.05, 0) is 59.5 Å². The number of rotatable bonds is 3. The molecule has 0 bridgehead atoms. The van der Waals surface area contributed by atoms with Gasteiger partial charge in [0.15, 0.2) is 0 Å². The van der Waals surface area contributed by atoms with Gasteiger partial charge in [-0.25, -0.2) is 4.39 Å². The maximum Gasteiger partial charge on any atom is 0.231 e. The molecule has 1 atom stereocenters. The smallest absolute Gasteiger partial charge is 0.231 e. The van der Waals surface area contributed by atoms with Crippen molar-refractivity contribution in [2.45, 2.75) is 25.8 Å². The first kappa shape index (κ1) is 14.2. The molecule has 0 saturated heterocycles. The van der Waals surface area contributed by atoms with E-state index in [9.17, 15) is 9.18 Å². The van der Waals surface area contributed by atoms with Crippen LogP contribution in [0, 0.1) is 5.82 Å². The Hall–Kier alpha value is -1.72. The van der Waals surface area contributed by atoms with Crippen LogP contribution in [-0.4, -0.2) is 12.5 Å². The molecule has 1 amide bonds. The number of halogens is 1. The van der Waals surface area contributed by atoms with Gasteiger partial charge in [-0.15, -0.1) is 0 Å². The number of thiophene rings is 1. The molecule has 1 aliphatic heterocycles. The molecule has 21 heavy (non-hydrogen) atoms. The van der Waals surface area contributed by atoms with Crippen molar-refractivity contribution in [2.75, 3.05) is 11.9 Å². The average Bonchev–Trinajstić information content (AvgIpc) is 3.04. The lowest BCUT2D eigenvalue weighted by Gasteiger charge is -2.20. The van der Waals surface area contributed by atoms with E-state index in [1.165, 1.54) is 0 Å². The van der Waals surface area contributed by atoms with E-state index >= 15 is 0 Å². The predicted molar refractivity (Wildman–Crippen MR) is 83.2 cm³/mol. The molecule has 2 heterocycles. The van der Waals surface area contributed by atoms with Crippen LogP contribution in [0.4, 0.5) is 10.1 Å². The molecule has 0 radical (unpaired) electrons. The molecule has 2 N–H and O–H groups in total. The van der Waals surface area contributed by atoms with Gasteiger partial charge < -0.3 is 10.6 Å². The molecule has 1 aliphatic rings. The summed E-state index contributed by atoms with van der Waals surface area (Å²) in [4.78, 5) is 12.2. The molecule has 5 heteroatoms. The second-order valence-electron chi connectivity index (χ2n) is 5.26. The fourth-order valence-electron chi connectivity index (χ4n) is 2.54. The number of carbonyl (C=O) groups is 1. The molecule has 0 saturated carbocycles. The van der Waals surface area contributed by atoms with Gasteiger partial charge in [0.05, 0.1) is 11.6 Å². The van der Waals surface area contributed by atoms with Crippen LogP contribution in [0.5, 0.6) is 0 Å². The van der Waals surface area contributed by atoms with Gasteiger partial charge in [-0.2, -0.15) is 11.3 Å². The van der Waals surface area contributed by atoms with Crippen molar-refractivity contribution in [2.24, 2.45) is 0 Å². The summed E-state index contributed by atoms with van der Waals surface area (Å²) in [6.07, 6.45) is 0.658. The van der Waals surface area contributed by atoms with Gasteiger partial charge in [-0.3, -0.25) is 4.79 Å². The minimum atomic E-state index is -0.292. The van der Waals surface area contributed by atoms with Crippen LogP contribution >= 0.6 is 11.3 Å². The van der Waals surface area contributed by atoms with E-state index in [1.807, 2.05) is 29.8 Å². The summed E-state index contributed by atoms with van der Waals surface area (Å²) >= 11 is 1.55. The van der Waals surface area contributed by atoms with E-state index in [0.717, 1.165) is 23.2 Å². The normalized spacial score (nSPS) is 15.3. The fourth-order valence-corrected chi connectivity index (χ4v) is 3.30. The SMILES string of the molecule is CC(C(=O)Nc1ccc2c(c1F)CCNC2)c1ccsc1. The van der Waals surface area contributed by atoms with Crippen LogP contribution in [-0.2, 0) is 17.8 Å². The van der Waals surface area contributed by atoms with Crippen molar-refractivity contribution >= 4 is 22.9 Å². The van der Waals surface area contributed by atoms with Crippen LogP contribution in [0.1, 0.15) is 29.5 Å². The van der Waals surface area contributed by atoms with Gasteiger partial charge in [0.1, 0.15) is 5.82 Å². The second-order valence-corrected chi connectivity index (χ2v) is 6.04. The van der Waals surface area contributed by atoms with Crippen LogP contribution in [0.3, 0.4) is 0 Å². The molecule has 1 unspecified atom stereocenters. The van der Waals surface area contributed by atoms with Gasteiger partial charge in [-0.1, -0.05) is 6.07 Å². The first-order valence-corrected chi connectivity index (χ1v) is 7.95. The number of benzene rings is 1. The van der Waals surface area contributed by atoms with Crippen LogP contribution in [0.2, 0.25) is 0 Å². The standard InChI is InChI=1S/C16H17FN2OS/c1-10(12-5-7-21-9-12)16(20)19-14-3-2-11-8-18-6-4-13(11)15(14)17/h2-3,5,7,9-10,18H,4,6,8H2,1H3,(H,19,20). The lowest BCUT2D eigenvalue weighted by molar-refractivity contribution is -0.117. The Balaban J connectivity index is 1.80. The maximum absolute atomic E-state index is 14.5. The molecule has 110 valence electrons. The lowest BCUT2D eigenvalue weighted by Crippen LogP contribution is -2.25. The van der Waals surface area contributed by atoms with E-state index in [-0.39, 0.29) is 23.3 Å². The summed E-state index contributed by atoms with van der Waals surface area (Å²) in [6.45, 7) is 3.29. The van der Waals surface area contributed by atoms with Gasteiger partial charge in [0.2, 0.25) is 5.91 Å². The minimum absolute atomic E-state index is 0.179. The molecule has 0 fully saturated rings. The van der Waals surface area contributed by atoms with E-state index in [2.05, 4.69) is 10.6 Å². The van der Waals surface area contributed by atoms with Gasteiger partial charge in [0, 0.05) is 6.54 Å². The van der Waals surface area contributed by atoms with E-state index in [4.69, 9.17) is 0 Å². The molecule has 3 rings (SSSR count). The lowest BCUT2D eigenvalue weighted by atomic mass is 9.99. The fraction of sp³-hybridized carbons (Fsp3) is 0.312. The Bertz CT molecular complexity index is 655. The number of fused-ring (bicyclic) bond motifs is 1. The summed E-state index contributed by atoms with van der Waals surface area (Å²) in [5.41, 5.74) is 2.93. The Labute approximate surface area is 127 Å². The third-order valence-corrected chi connectivity index (χ3v) is 4.60. The third kappa shape index (κ3) is 2.84. The van der Waals surface area contributed by atoms with Crippen LogP contribution in [0.15, 0.2) is 29.0 Å². The number of anilines is 1. The summed E-state index contributed by atoms with van der Waals surface area (Å²) in [5.74, 6) is -0.755. The predicted octanol–water partition coefficient (Wildman–Crippen LogP) is 3.28. The summed E-state index contributed by atoms with van der Waals surface area (Å²) in [6, 6.07) is 5.46. The summed E-state index contributed by atoms with van der Waals surface area (Å²) in [7, 11) is 0. The zero-order valence-electron chi connectivity index (χ0n) is 11.8. The molecular weight excluding hydrogens is 287 g/mol. The monoisotopic (exact) mass is 304 g/mol. The van der Waals surface area contributed by atoms with Gasteiger partial charge >= 0.3 is 0 Å². The quantitative estimate of drug-likeness (QED) is 0.913. The topological polar surface area (TPSA) is 41.1 Å². The number of hydrogen-bond donors (Lipinski definition) is 2. The highest BCUT2D eigenvalue weighted by Crippen LogP contribution is 2.26. The summed E-state index contributed by atoms with van der Waals surface area (Å²) in [5, 5.41) is 9.81. The second kappa shape index (κ2) is 5.95. The highest BCUT2D eigenvalue weighted by molar-refractivity contribution is 7.08. The van der Waals surface area contributed by atoms with E-state index in [0.29, 0.717) is 13.0 Å². The number of carbonyl (C=O) groups excluding carboxylic acids is 1. The van der Waals surface area contributed by atoms with Gasteiger partial charge in [0.25, 0.3) is 0 Å². The molecule has 1 aromatic carbocycles. The van der Waals surface area contributed by atoms with Crippen molar-refractivity contribution in [1.29, 1.82) is 0 Å². The van der Waals surface area contributed by atoms with Crippen molar-refractivity contribution < 1.29 is 9.18 Å². The van der Waals surface area contributed by atoms with Crippen molar-refractivity contribution in [3.63, 3.8) is 0 Å².